The number of hydrogen-bond acceptors (Lipinski definition) is 9. The van der Waals surface area contributed by atoms with Crippen molar-refractivity contribution < 1.29 is 14.9 Å². The molecule has 3 aromatic rings. The number of aliphatic hydroxyl groups is 2. The van der Waals surface area contributed by atoms with Gasteiger partial charge in [0.25, 0.3) is 0 Å². The summed E-state index contributed by atoms with van der Waals surface area (Å²) in [5.41, 5.74) is 11.7. The maximum absolute atomic E-state index is 10.6. The molecule has 10 heteroatoms. The highest BCUT2D eigenvalue weighted by Gasteiger charge is 2.44. The molecule has 1 fully saturated rings. The van der Waals surface area contributed by atoms with Crippen LogP contribution in [0.25, 0.3) is 17.2 Å². The third-order valence-corrected chi connectivity index (χ3v) is 6.45. The molecular formula is C22H23N7O3. The number of aromatic nitrogens is 4. The normalized spacial score (nSPS) is 28.0. The second-order valence-corrected chi connectivity index (χ2v) is 8.40. The van der Waals surface area contributed by atoms with Crippen LogP contribution < -0.4 is 11.1 Å². The number of nitrogens with zero attached hydrogens (tertiary/aromatic N) is 5. The van der Waals surface area contributed by atoms with Crippen LogP contribution in [-0.4, -0.2) is 67.3 Å². The molecule has 0 radical (unpaired) electrons. The lowest BCUT2D eigenvalue weighted by atomic mass is 9.96. The van der Waals surface area contributed by atoms with Gasteiger partial charge in [0.05, 0.1) is 12.9 Å². The van der Waals surface area contributed by atoms with Crippen LogP contribution in [0, 0.1) is 0 Å². The molecule has 2 aromatic heterocycles. The lowest BCUT2D eigenvalue weighted by Crippen LogP contribution is -2.38. The Kier molecular flexibility index (Phi) is 4.54. The molecule has 1 aromatic carbocycles. The molecule has 4 heterocycles. The van der Waals surface area contributed by atoms with Gasteiger partial charge < -0.3 is 26.0 Å². The van der Waals surface area contributed by atoms with Crippen molar-refractivity contribution in [3.05, 3.63) is 53.1 Å². The van der Waals surface area contributed by atoms with Crippen molar-refractivity contribution in [2.24, 2.45) is 4.99 Å². The van der Waals surface area contributed by atoms with Gasteiger partial charge in [0.2, 0.25) is 0 Å². The highest BCUT2D eigenvalue weighted by molar-refractivity contribution is 5.86. The van der Waals surface area contributed by atoms with Gasteiger partial charge in [-0.3, -0.25) is 9.56 Å². The zero-order chi connectivity index (χ0) is 21.8. The summed E-state index contributed by atoms with van der Waals surface area (Å²) in [6.07, 6.45) is 5.54. The summed E-state index contributed by atoms with van der Waals surface area (Å²) >= 11 is 0. The summed E-state index contributed by atoms with van der Waals surface area (Å²) in [5.74, 6) is 0.495. The van der Waals surface area contributed by atoms with E-state index in [1.165, 1.54) is 34.9 Å². The standard InChI is InChI=1S/C22H23N7O3/c23-20-17-21(27-9-26-20)29(10-28-17)22-19(31)18(30)16(32-22)8-25-5-12-2-1-11-3-13-6-24-7-14(13)4-15(11)12/h1-4,6,9-10,12,16,18-19,22,25,30-31H,5,7-8H2,(H2,23,26,27). The van der Waals surface area contributed by atoms with Crippen molar-refractivity contribution in [1.82, 2.24) is 24.8 Å². The topological polar surface area (TPSA) is 144 Å². The van der Waals surface area contributed by atoms with Gasteiger partial charge in [0.1, 0.15) is 30.2 Å². The molecule has 5 atom stereocenters. The van der Waals surface area contributed by atoms with Crippen LogP contribution in [0.3, 0.4) is 0 Å². The number of aliphatic hydroxyl groups excluding tert-OH is 2. The average molecular weight is 433 g/mol. The monoisotopic (exact) mass is 433 g/mol. The van der Waals surface area contributed by atoms with Crippen LogP contribution in [0.5, 0.6) is 0 Å². The number of aliphatic imine (C=N–C) groups is 1. The van der Waals surface area contributed by atoms with E-state index in [2.05, 4.69) is 49.5 Å². The third kappa shape index (κ3) is 3.03. The highest BCUT2D eigenvalue weighted by atomic mass is 16.6. The predicted molar refractivity (Wildman–Crippen MR) is 118 cm³/mol. The van der Waals surface area contributed by atoms with E-state index in [1.807, 2.05) is 6.21 Å². The van der Waals surface area contributed by atoms with Gasteiger partial charge in [-0.25, -0.2) is 15.0 Å². The molecule has 3 aliphatic rings. The Labute approximate surface area is 183 Å². The zero-order valence-corrected chi connectivity index (χ0v) is 17.2. The van der Waals surface area contributed by atoms with E-state index in [1.54, 1.807) is 4.57 Å². The molecule has 0 saturated carbocycles. The van der Waals surface area contributed by atoms with E-state index in [-0.39, 0.29) is 11.7 Å². The smallest absolute Gasteiger partial charge is 0.167 e. The molecule has 0 bridgehead atoms. The number of imidazole rings is 1. The molecule has 10 nitrogen and oxygen atoms in total. The maximum Gasteiger partial charge on any atom is 0.167 e. The summed E-state index contributed by atoms with van der Waals surface area (Å²) in [6.45, 7) is 1.84. The van der Waals surface area contributed by atoms with Crippen molar-refractivity contribution in [1.29, 1.82) is 0 Å². The van der Waals surface area contributed by atoms with Gasteiger partial charge in [-0.15, -0.1) is 0 Å². The number of nitrogens with two attached hydrogens (primary N) is 1. The quantitative estimate of drug-likeness (QED) is 0.452. The Hall–Kier alpha value is -3.18. The minimum Gasteiger partial charge on any atom is -0.387 e. The molecule has 0 spiro atoms. The van der Waals surface area contributed by atoms with E-state index >= 15 is 0 Å². The van der Waals surface area contributed by atoms with Crippen LogP contribution in [0.15, 0.2) is 35.9 Å². The van der Waals surface area contributed by atoms with Gasteiger partial charge in [0.15, 0.2) is 17.7 Å². The zero-order valence-electron chi connectivity index (χ0n) is 17.2. The summed E-state index contributed by atoms with van der Waals surface area (Å²) in [6, 6.07) is 4.43. The Morgan fingerprint density at radius 3 is 2.94 bits per heavy atom. The summed E-state index contributed by atoms with van der Waals surface area (Å²) in [5, 5.41) is 24.6. The molecule has 1 saturated heterocycles. The first kappa shape index (κ1) is 19.5. The van der Waals surface area contributed by atoms with E-state index < -0.39 is 24.5 Å². The molecule has 1 aliphatic carbocycles. The Bertz CT molecular complexity index is 1250. The number of rotatable bonds is 5. The third-order valence-electron chi connectivity index (χ3n) is 6.45. The molecule has 0 amide bonds. The summed E-state index contributed by atoms with van der Waals surface area (Å²) in [4.78, 5) is 16.7. The highest BCUT2D eigenvalue weighted by Crippen LogP contribution is 2.34. The van der Waals surface area contributed by atoms with Crippen molar-refractivity contribution in [3.63, 3.8) is 0 Å². The van der Waals surface area contributed by atoms with E-state index in [9.17, 15) is 10.2 Å². The number of benzene rings is 1. The maximum atomic E-state index is 10.6. The van der Waals surface area contributed by atoms with Crippen LogP contribution in [-0.2, 0) is 11.3 Å². The fourth-order valence-electron chi connectivity index (χ4n) is 4.73. The molecule has 164 valence electrons. The lowest BCUT2D eigenvalue weighted by molar-refractivity contribution is -0.0341. The van der Waals surface area contributed by atoms with Crippen LogP contribution >= 0.6 is 0 Å². The summed E-state index contributed by atoms with van der Waals surface area (Å²) in [7, 11) is 0. The van der Waals surface area contributed by atoms with E-state index in [0.717, 1.165) is 6.54 Å². The van der Waals surface area contributed by atoms with Crippen molar-refractivity contribution in [2.45, 2.75) is 37.0 Å². The first-order valence-corrected chi connectivity index (χ1v) is 10.6. The Morgan fingerprint density at radius 1 is 1.12 bits per heavy atom. The number of anilines is 1. The largest absolute Gasteiger partial charge is 0.387 e. The van der Waals surface area contributed by atoms with Crippen molar-refractivity contribution in [3.8, 4) is 0 Å². The first-order valence-electron chi connectivity index (χ1n) is 10.6. The average Bonchev–Trinajstić information content (AvgIpc) is 3.56. The fraction of sp³-hybridized carbons (Fsp3) is 0.364. The second-order valence-electron chi connectivity index (χ2n) is 8.40. The number of fused-ring (bicyclic) bond motifs is 3. The summed E-state index contributed by atoms with van der Waals surface area (Å²) < 4.78 is 7.58. The van der Waals surface area contributed by atoms with Gasteiger partial charge >= 0.3 is 0 Å². The van der Waals surface area contributed by atoms with Gasteiger partial charge in [-0.05, 0) is 28.3 Å². The predicted octanol–water partition coefficient (Wildman–Crippen LogP) is 0.360. The molecule has 32 heavy (non-hydrogen) atoms. The molecule has 5 unspecified atom stereocenters. The van der Waals surface area contributed by atoms with Gasteiger partial charge in [-0.1, -0.05) is 18.2 Å². The SMILES string of the molecule is Nc1ncnc2c1ncn2C1OC(CNCC2C=Cc3cc4c(cc32)CN=C4)C(O)C1O. The minimum absolute atomic E-state index is 0.243. The lowest BCUT2D eigenvalue weighted by Gasteiger charge is -2.18. The Morgan fingerprint density at radius 2 is 2.03 bits per heavy atom. The molecule has 6 rings (SSSR count). The minimum atomic E-state index is -1.12. The fourth-order valence-corrected chi connectivity index (χ4v) is 4.73. The van der Waals surface area contributed by atoms with Gasteiger partial charge in [-0.2, -0.15) is 0 Å². The molecule has 2 aliphatic heterocycles. The number of hydrogen-bond donors (Lipinski definition) is 4. The number of nitrogens with one attached hydrogen (secondary N) is 1. The van der Waals surface area contributed by atoms with Crippen LogP contribution in [0.4, 0.5) is 5.82 Å². The first-order chi connectivity index (χ1) is 15.6. The molecule has 5 N–H and O–H groups in total. The van der Waals surface area contributed by atoms with E-state index in [4.69, 9.17) is 10.5 Å². The van der Waals surface area contributed by atoms with Crippen molar-refractivity contribution >= 4 is 29.3 Å². The number of ether oxygens (including phenoxy) is 1. The van der Waals surface area contributed by atoms with Gasteiger partial charge in [0, 0.05) is 25.2 Å². The van der Waals surface area contributed by atoms with Crippen LogP contribution in [0.1, 0.15) is 34.4 Å². The molecular weight excluding hydrogens is 410 g/mol. The van der Waals surface area contributed by atoms with E-state index in [0.29, 0.717) is 24.3 Å². The van der Waals surface area contributed by atoms with Crippen LogP contribution in [0.2, 0.25) is 0 Å². The second kappa shape index (κ2) is 7.45. The van der Waals surface area contributed by atoms with Crippen molar-refractivity contribution in [2.75, 3.05) is 18.8 Å². The number of nitrogen functional groups attached to an aromatic ring is 1. The Balaban J connectivity index is 1.12.